The molecule has 8 heteroatoms. The number of nitrogens with two attached hydrogens (primary N) is 1. The predicted octanol–water partition coefficient (Wildman–Crippen LogP) is 3.09. The molecule has 2 aromatic carbocycles. The summed E-state index contributed by atoms with van der Waals surface area (Å²) in [6, 6.07) is 11.9. The zero-order valence-electron chi connectivity index (χ0n) is 18.6. The van der Waals surface area contributed by atoms with Crippen LogP contribution in [0.5, 0.6) is 0 Å². The van der Waals surface area contributed by atoms with Gasteiger partial charge < -0.3 is 16.4 Å². The van der Waals surface area contributed by atoms with Gasteiger partial charge in [0.25, 0.3) is 0 Å². The smallest absolute Gasteiger partial charge is 0.221 e. The zero-order chi connectivity index (χ0) is 23.1. The molecule has 2 atom stereocenters. The van der Waals surface area contributed by atoms with Crippen molar-refractivity contribution in [3.63, 3.8) is 0 Å². The number of carbonyl (C=O) groups excluding carboxylic acids is 1. The topological polar surface area (TPSA) is 82.8 Å². The maximum Gasteiger partial charge on any atom is 0.221 e. The number of rotatable bonds is 7. The largest absolute Gasteiger partial charge is 0.369 e. The van der Waals surface area contributed by atoms with E-state index in [0.717, 1.165) is 37.6 Å². The molecule has 1 saturated heterocycles. The molecule has 1 fully saturated rings. The number of halogens is 2. The zero-order valence-corrected chi connectivity index (χ0v) is 18.6. The molecular formula is C24H31F2N5O. The van der Waals surface area contributed by atoms with E-state index in [1.807, 2.05) is 19.1 Å². The van der Waals surface area contributed by atoms with Crippen LogP contribution in [-0.2, 0) is 17.9 Å². The summed E-state index contributed by atoms with van der Waals surface area (Å²) in [5.41, 5.74) is 8.38. The number of primary amides is 1. The van der Waals surface area contributed by atoms with E-state index in [1.54, 1.807) is 13.1 Å². The fourth-order valence-electron chi connectivity index (χ4n) is 3.98. The maximum absolute atomic E-state index is 13.5. The second-order valence-corrected chi connectivity index (χ2v) is 8.26. The van der Waals surface area contributed by atoms with Crippen molar-refractivity contribution in [2.75, 3.05) is 20.1 Å². The van der Waals surface area contributed by atoms with Crippen LogP contribution in [0.1, 0.15) is 42.5 Å². The third kappa shape index (κ3) is 6.50. The van der Waals surface area contributed by atoms with Crippen LogP contribution in [0.3, 0.4) is 0 Å². The van der Waals surface area contributed by atoms with Gasteiger partial charge in [0.1, 0.15) is 0 Å². The summed E-state index contributed by atoms with van der Waals surface area (Å²) in [7, 11) is 1.66. The highest BCUT2D eigenvalue weighted by atomic mass is 19.2. The van der Waals surface area contributed by atoms with Crippen molar-refractivity contribution >= 4 is 11.9 Å². The fourth-order valence-corrected chi connectivity index (χ4v) is 3.98. The van der Waals surface area contributed by atoms with Crippen LogP contribution < -0.4 is 16.4 Å². The highest BCUT2D eigenvalue weighted by Gasteiger charge is 2.23. The van der Waals surface area contributed by atoms with Gasteiger partial charge in [-0.3, -0.25) is 14.7 Å². The molecule has 32 heavy (non-hydrogen) atoms. The minimum atomic E-state index is -0.869. The van der Waals surface area contributed by atoms with Crippen LogP contribution in [0.25, 0.3) is 0 Å². The molecule has 0 aromatic heterocycles. The molecule has 1 heterocycles. The van der Waals surface area contributed by atoms with Crippen LogP contribution in [0.2, 0.25) is 0 Å². The van der Waals surface area contributed by atoms with Gasteiger partial charge in [-0.1, -0.05) is 30.3 Å². The molecule has 1 aliphatic heterocycles. The SMILES string of the molecule is CN=C(NCc1cccc(CN2CCCC(C(N)=O)C2)c1)NC(C)c1ccc(F)c(F)c1. The second kappa shape index (κ2) is 11.0. The Balaban J connectivity index is 1.55. The van der Waals surface area contributed by atoms with E-state index < -0.39 is 11.6 Å². The summed E-state index contributed by atoms with van der Waals surface area (Å²) in [4.78, 5) is 18.0. The van der Waals surface area contributed by atoms with Gasteiger partial charge >= 0.3 is 0 Å². The van der Waals surface area contributed by atoms with Gasteiger partial charge in [-0.2, -0.15) is 0 Å². The lowest BCUT2D eigenvalue weighted by molar-refractivity contribution is -0.123. The first kappa shape index (κ1) is 23.7. The number of nitrogens with zero attached hydrogens (tertiary/aromatic N) is 2. The molecule has 2 unspecified atom stereocenters. The third-order valence-electron chi connectivity index (χ3n) is 5.79. The lowest BCUT2D eigenvalue weighted by Gasteiger charge is -2.31. The molecular weight excluding hydrogens is 412 g/mol. The predicted molar refractivity (Wildman–Crippen MR) is 122 cm³/mol. The van der Waals surface area contributed by atoms with Crippen molar-refractivity contribution in [2.24, 2.45) is 16.6 Å². The van der Waals surface area contributed by atoms with E-state index in [-0.39, 0.29) is 17.9 Å². The number of benzene rings is 2. The Morgan fingerprint density at radius 3 is 2.72 bits per heavy atom. The van der Waals surface area contributed by atoms with Gasteiger partial charge in [0, 0.05) is 26.7 Å². The van der Waals surface area contributed by atoms with Gasteiger partial charge in [0.15, 0.2) is 17.6 Å². The average Bonchev–Trinajstić information content (AvgIpc) is 2.78. The number of nitrogens with one attached hydrogen (secondary N) is 2. The molecule has 6 nitrogen and oxygen atoms in total. The molecule has 0 spiro atoms. The van der Waals surface area contributed by atoms with E-state index >= 15 is 0 Å². The van der Waals surface area contributed by atoms with Crippen LogP contribution in [0.15, 0.2) is 47.5 Å². The first-order valence-corrected chi connectivity index (χ1v) is 10.9. The Morgan fingerprint density at radius 2 is 2.00 bits per heavy atom. The molecule has 172 valence electrons. The Kier molecular flexibility index (Phi) is 8.16. The summed E-state index contributed by atoms with van der Waals surface area (Å²) in [5.74, 6) is -1.46. The molecule has 4 N–H and O–H groups in total. The Labute approximate surface area is 187 Å². The van der Waals surface area contributed by atoms with Crippen LogP contribution >= 0.6 is 0 Å². The standard InChI is InChI=1S/C24H31F2N5O/c1-16(19-8-9-21(25)22(26)12-19)30-24(28-2)29-13-17-5-3-6-18(11-17)14-31-10-4-7-20(15-31)23(27)32/h3,5-6,8-9,11-12,16,20H,4,7,10,13-15H2,1-2H3,(H2,27,32)(H2,28,29,30). The van der Waals surface area contributed by atoms with E-state index in [2.05, 4.69) is 32.7 Å². The van der Waals surface area contributed by atoms with Gasteiger partial charge in [0.05, 0.1) is 12.0 Å². The molecule has 1 aliphatic rings. The first-order valence-electron chi connectivity index (χ1n) is 10.9. The monoisotopic (exact) mass is 443 g/mol. The van der Waals surface area contributed by atoms with Crippen LogP contribution in [-0.4, -0.2) is 36.9 Å². The molecule has 0 bridgehead atoms. The number of hydrogen-bond donors (Lipinski definition) is 3. The second-order valence-electron chi connectivity index (χ2n) is 8.26. The summed E-state index contributed by atoms with van der Waals surface area (Å²) >= 11 is 0. The van der Waals surface area contributed by atoms with Gasteiger partial charge in [-0.05, 0) is 55.1 Å². The quantitative estimate of drug-likeness (QED) is 0.454. The number of piperidine rings is 1. The first-order chi connectivity index (χ1) is 15.4. The van der Waals surface area contributed by atoms with E-state index in [9.17, 15) is 13.6 Å². The van der Waals surface area contributed by atoms with E-state index in [0.29, 0.717) is 24.6 Å². The molecule has 1 amide bonds. The van der Waals surface area contributed by atoms with Crippen LogP contribution in [0.4, 0.5) is 8.78 Å². The molecule has 3 rings (SSSR count). The third-order valence-corrected chi connectivity index (χ3v) is 5.79. The summed E-state index contributed by atoms with van der Waals surface area (Å²) in [6.45, 7) is 4.86. The highest BCUT2D eigenvalue weighted by molar-refractivity contribution is 5.80. The molecule has 0 radical (unpaired) electrons. The number of guanidine groups is 1. The van der Waals surface area contributed by atoms with Gasteiger partial charge in [0.2, 0.25) is 5.91 Å². The lowest BCUT2D eigenvalue weighted by atomic mass is 9.97. The maximum atomic E-state index is 13.5. The molecule has 0 aliphatic carbocycles. The van der Waals surface area contributed by atoms with E-state index in [4.69, 9.17) is 5.73 Å². The molecule has 0 saturated carbocycles. The normalized spacial score (nSPS) is 18.2. The average molecular weight is 444 g/mol. The van der Waals surface area contributed by atoms with Gasteiger partial charge in [-0.15, -0.1) is 0 Å². The number of amides is 1. The van der Waals surface area contributed by atoms with Crippen molar-refractivity contribution in [3.05, 3.63) is 70.8 Å². The van der Waals surface area contributed by atoms with E-state index in [1.165, 1.54) is 11.6 Å². The number of hydrogen-bond acceptors (Lipinski definition) is 3. The Hall–Kier alpha value is -3.00. The van der Waals surface area contributed by atoms with Gasteiger partial charge in [-0.25, -0.2) is 8.78 Å². The number of likely N-dealkylation sites (tertiary alicyclic amines) is 1. The summed E-state index contributed by atoms with van der Waals surface area (Å²) in [5, 5.41) is 6.45. The Bertz CT molecular complexity index is 965. The van der Waals surface area contributed by atoms with Crippen molar-refractivity contribution < 1.29 is 13.6 Å². The van der Waals surface area contributed by atoms with Crippen LogP contribution in [0, 0.1) is 17.6 Å². The lowest BCUT2D eigenvalue weighted by Crippen LogP contribution is -2.40. The van der Waals surface area contributed by atoms with Crippen molar-refractivity contribution in [1.29, 1.82) is 0 Å². The molecule has 2 aromatic rings. The summed E-state index contributed by atoms with van der Waals surface area (Å²) < 4.78 is 26.7. The van der Waals surface area contributed by atoms with Crippen molar-refractivity contribution in [3.8, 4) is 0 Å². The van der Waals surface area contributed by atoms with Crippen molar-refractivity contribution in [1.82, 2.24) is 15.5 Å². The summed E-state index contributed by atoms with van der Waals surface area (Å²) in [6.07, 6.45) is 1.85. The minimum Gasteiger partial charge on any atom is -0.369 e. The van der Waals surface area contributed by atoms with Crippen molar-refractivity contribution in [2.45, 2.75) is 38.9 Å². The fraction of sp³-hybridized carbons (Fsp3) is 0.417. The number of carbonyl (C=O) groups is 1. The highest BCUT2D eigenvalue weighted by Crippen LogP contribution is 2.19. The Morgan fingerprint density at radius 1 is 1.22 bits per heavy atom. The number of aliphatic imine (C=N–C) groups is 1. The minimum absolute atomic E-state index is 0.0698.